The van der Waals surface area contributed by atoms with Crippen molar-refractivity contribution in [3.63, 3.8) is 0 Å². The Morgan fingerprint density at radius 2 is 1.81 bits per heavy atom. The van der Waals surface area contributed by atoms with Crippen molar-refractivity contribution in [2.24, 2.45) is 7.05 Å². The first-order valence-electron chi connectivity index (χ1n) is 6.88. The standard InChI is InChI=1S/C15H18N/c1-11-8-9-12(2)15(13(11)3)14-7-5-6-10-16(14)4/h5-10H,1-4H3/q+1/i2D3. The number of rotatable bonds is 1. The summed E-state index contributed by atoms with van der Waals surface area (Å²) < 4.78 is 25.1. The summed E-state index contributed by atoms with van der Waals surface area (Å²) in [6.07, 6.45) is 1.93. The summed E-state index contributed by atoms with van der Waals surface area (Å²) >= 11 is 0. The number of hydrogen-bond acceptors (Lipinski definition) is 0. The molecule has 0 bridgehead atoms. The van der Waals surface area contributed by atoms with Gasteiger partial charge in [0.1, 0.15) is 7.05 Å². The molecule has 0 aliphatic heterocycles. The lowest BCUT2D eigenvalue weighted by Crippen LogP contribution is -2.30. The van der Waals surface area contributed by atoms with E-state index in [9.17, 15) is 0 Å². The second-order valence-corrected chi connectivity index (χ2v) is 4.13. The zero-order valence-corrected chi connectivity index (χ0v) is 9.91. The summed E-state index contributed by atoms with van der Waals surface area (Å²) in [6, 6.07) is 9.42. The normalized spacial score (nSPS) is 14.1. The van der Waals surface area contributed by atoms with Crippen LogP contribution in [0.1, 0.15) is 20.8 Å². The van der Waals surface area contributed by atoms with Gasteiger partial charge in [-0.15, -0.1) is 0 Å². The van der Waals surface area contributed by atoms with Crippen molar-refractivity contribution in [2.75, 3.05) is 0 Å². The van der Waals surface area contributed by atoms with Crippen LogP contribution in [0.25, 0.3) is 11.3 Å². The molecule has 2 rings (SSSR count). The third kappa shape index (κ3) is 1.73. The highest BCUT2D eigenvalue weighted by molar-refractivity contribution is 5.66. The minimum absolute atomic E-state index is 0.414. The molecule has 1 aromatic carbocycles. The van der Waals surface area contributed by atoms with Crippen LogP contribution in [-0.4, -0.2) is 0 Å². The molecule has 0 unspecified atom stereocenters. The van der Waals surface area contributed by atoms with Crippen LogP contribution < -0.4 is 4.57 Å². The molecule has 1 heterocycles. The van der Waals surface area contributed by atoms with Crippen LogP contribution in [-0.2, 0) is 7.05 Å². The third-order valence-corrected chi connectivity index (χ3v) is 3.05. The third-order valence-electron chi connectivity index (χ3n) is 3.05. The number of benzene rings is 1. The lowest BCUT2D eigenvalue weighted by molar-refractivity contribution is -0.660. The van der Waals surface area contributed by atoms with Crippen LogP contribution in [0.3, 0.4) is 0 Å². The first-order chi connectivity index (χ1) is 8.82. The van der Waals surface area contributed by atoms with Gasteiger partial charge in [-0.1, -0.05) is 12.1 Å². The largest absolute Gasteiger partial charge is 0.212 e. The van der Waals surface area contributed by atoms with Gasteiger partial charge in [-0.25, -0.2) is 4.57 Å². The van der Waals surface area contributed by atoms with Crippen LogP contribution >= 0.6 is 0 Å². The number of nitrogens with zero attached hydrogens (tertiary/aromatic N) is 1. The smallest absolute Gasteiger partial charge is 0.201 e. The molecule has 0 N–H and O–H groups in total. The van der Waals surface area contributed by atoms with Crippen LogP contribution in [0.15, 0.2) is 36.5 Å². The molecular formula is C15H18N+. The molecule has 16 heavy (non-hydrogen) atoms. The first kappa shape index (κ1) is 7.61. The van der Waals surface area contributed by atoms with Crippen molar-refractivity contribution < 1.29 is 8.68 Å². The number of aromatic nitrogens is 1. The SMILES string of the molecule is [2H]C([2H])([2H])c1ccc(C)c(C)c1-c1cccc[n+]1C. The minimum Gasteiger partial charge on any atom is -0.201 e. The topological polar surface area (TPSA) is 3.88 Å². The highest BCUT2D eigenvalue weighted by atomic mass is 14.9. The molecule has 0 spiro atoms. The summed E-state index contributed by atoms with van der Waals surface area (Å²) in [5, 5.41) is 0. The molecule has 82 valence electrons. The molecule has 2 aromatic rings. The first-order valence-corrected chi connectivity index (χ1v) is 5.38. The van der Waals surface area contributed by atoms with Gasteiger partial charge in [0, 0.05) is 16.2 Å². The van der Waals surface area contributed by atoms with Crippen LogP contribution in [0.4, 0.5) is 0 Å². The second-order valence-electron chi connectivity index (χ2n) is 4.13. The molecule has 0 aliphatic rings. The van der Waals surface area contributed by atoms with Crippen molar-refractivity contribution in [3.8, 4) is 11.3 Å². The van der Waals surface area contributed by atoms with Gasteiger partial charge in [0.25, 0.3) is 0 Å². The number of aryl methyl sites for hydroxylation is 3. The molecular weight excluding hydrogens is 194 g/mol. The Morgan fingerprint density at radius 3 is 2.50 bits per heavy atom. The minimum atomic E-state index is -2.10. The van der Waals surface area contributed by atoms with Gasteiger partial charge in [-0.3, -0.25) is 0 Å². The van der Waals surface area contributed by atoms with Gasteiger partial charge < -0.3 is 0 Å². The number of pyridine rings is 1. The Kier molecular flexibility index (Phi) is 1.95. The molecule has 0 radical (unpaired) electrons. The van der Waals surface area contributed by atoms with Crippen LogP contribution in [0.2, 0.25) is 0 Å². The van der Waals surface area contributed by atoms with Crippen molar-refractivity contribution in [1.82, 2.24) is 0 Å². The predicted molar refractivity (Wildman–Crippen MR) is 67.3 cm³/mol. The van der Waals surface area contributed by atoms with E-state index in [2.05, 4.69) is 0 Å². The highest BCUT2D eigenvalue weighted by Gasteiger charge is 2.14. The molecule has 0 amide bonds. The quantitative estimate of drug-likeness (QED) is 0.644. The van der Waals surface area contributed by atoms with Gasteiger partial charge in [0.05, 0.1) is 5.56 Å². The molecule has 0 aliphatic carbocycles. The maximum atomic E-state index is 7.72. The molecule has 0 fully saturated rings. The Hall–Kier alpha value is -1.63. The van der Waals surface area contributed by atoms with E-state index in [0.717, 1.165) is 22.4 Å². The van der Waals surface area contributed by atoms with Gasteiger partial charge in [0.2, 0.25) is 5.69 Å². The van der Waals surface area contributed by atoms with Crippen molar-refractivity contribution >= 4 is 0 Å². The van der Waals surface area contributed by atoms with Gasteiger partial charge in [0.15, 0.2) is 6.20 Å². The molecule has 1 nitrogen and oxygen atoms in total. The molecule has 0 atom stereocenters. The average molecular weight is 215 g/mol. The average Bonchev–Trinajstić information content (AvgIpc) is 2.32. The van der Waals surface area contributed by atoms with E-state index >= 15 is 0 Å². The number of hydrogen-bond donors (Lipinski definition) is 0. The fraction of sp³-hybridized carbons (Fsp3) is 0.267. The van der Waals surface area contributed by atoms with E-state index in [1.54, 1.807) is 6.07 Å². The predicted octanol–water partition coefficient (Wildman–Crippen LogP) is 3.10. The van der Waals surface area contributed by atoms with Gasteiger partial charge >= 0.3 is 0 Å². The molecule has 1 heteroatoms. The van der Waals surface area contributed by atoms with E-state index in [1.165, 1.54) is 0 Å². The maximum Gasteiger partial charge on any atom is 0.212 e. The van der Waals surface area contributed by atoms with Gasteiger partial charge in [-0.05, 0) is 43.5 Å². The van der Waals surface area contributed by atoms with Crippen molar-refractivity contribution in [1.29, 1.82) is 0 Å². The van der Waals surface area contributed by atoms with E-state index in [-0.39, 0.29) is 0 Å². The van der Waals surface area contributed by atoms with Crippen LogP contribution in [0.5, 0.6) is 0 Å². The zero-order chi connectivity index (χ0) is 14.2. The maximum absolute atomic E-state index is 7.72. The molecule has 1 aromatic heterocycles. The Labute approximate surface area is 102 Å². The Balaban J connectivity index is 2.82. The van der Waals surface area contributed by atoms with E-state index in [1.807, 2.05) is 55.9 Å². The van der Waals surface area contributed by atoms with Crippen molar-refractivity contribution in [2.45, 2.75) is 20.7 Å². The van der Waals surface area contributed by atoms with Crippen molar-refractivity contribution in [3.05, 3.63) is 53.2 Å². The molecule has 0 saturated heterocycles. The summed E-state index contributed by atoms with van der Waals surface area (Å²) in [7, 11) is 1.93. The second kappa shape index (κ2) is 4.09. The fourth-order valence-corrected chi connectivity index (χ4v) is 1.93. The highest BCUT2D eigenvalue weighted by Crippen LogP contribution is 2.26. The van der Waals surface area contributed by atoms with E-state index in [4.69, 9.17) is 4.11 Å². The zero-order valence-electron chi connectivity index (χ0n) is 12.9. The van der Waals surface area contributed by atoms with Crippen LogP contribution in [0, 0.1) is 20.7 Å². The van der Waals surface area contributed by atoms with Gasteiger partial charge in [-0.2, -0.15) is 0 Å². The lowest BCUT2D eigenvalue weighted by Gasteiger charge is -2.10. The Bertz CT molecular complexity index is 615. The van der Waals surface area contributed by atoms with E-state index < -0.39 is 6.85 Å². The summed E-state index contributed by atoms with van der Waals surface area (Å²) in [4.78, 5) is 0. The summed E-state index contributed by atoms with van der Waals surface area (Å²) in [6.45, 7) is 1.88. The molecule has 0 saturated carbocycles. The van der Waals surface area contributed by atoms with E-state index in [0.29, 0.717) is 5.56 Å². The Morgan fingerprint density at radius 1 is 1.06 bits per heavy atom. The fourth-order valence-electron chi connectivity index (χ4n) is 1.93. The summed E-state index contributed by atoms with van der Waals surface area (Å²) in [5.74, 6) is 0. The summed E-state index contributed by atoms with van der Waals surface area (Å²) in [5.41, 5.74) is 4.29. The lowest BCUT2D eigenvalue weighted by atomic mass is 9.95. The monoisotopic (exact) mass is 215 g/mol.